The molecule has 0 fully saturated rings. The summed E-state index contributed by atoms with van der Waals surface area (Å²) in [5.41, 5.74) is 7.69. The van der Waals surface area contributed by atoms with Crippen molar-refractivity contribution in [1.29, 1.82) is 0 Å². The molecule has 1 aliphatic heterocycles. The molecule has 0 bridgehead atoms. The van der Waals surface area contributed by atoms with Crippen molar-refractivity contribution in [2.24, 2.45) is 5.73 Å². The van der Waals surface area contributed by atoms with Crippen LogP contribution in [0.3, 0.4) is 0 Å². The minimum atomic E-state index is -0.541. The van der Waals surface area contributed by atoms with Gasteiger partial charge in [-0.05, 0) is 35.9 Å². The fourth-order valence-corrected chi connectivity index (χ4v) is 2.82. The number of carbonyl (C=O) groups is 3. The topological polar surface area (TPSA) is 92.5 Å². The van der Waals surface area contributed by atoms with E-state index in [4.69, 9.17) is 5.73 Å². The highest BCUT2D eigenvalue weighted by atomic mass is 16.2. The van der Waals surface area contributed by atoms with Crippen LogP contribution in [0.2, 0.25) is 0 Å². The molecule has 1 aliphatic rings. The van der Waals surface area contributed by atoms with E-state index in [0.29, 0.717) is 11.3 Å². The Labute approximate surface area is 139 Å². The lowest BCUT2D eigenvalue weighted by Gasteiger charge is -2.30. The zero-order valence-corrected chi connectivity index (χ0v) is 13.2. The van der Waals surface area contributed by atoms with Crippen molar-refractivity contribution >= 4 is 29.1 Å². The maximum absolute atomic E-state index is 12.6. The minimum absolute atomic E-state index is 0.0991. The van der Waals surface area contributed by atoms with E-state index in [0.717, 1.165) is 11.3 Å². The van der Waals surface area contributed by atoms with Gasteiger partial charge in [0.2, 0.25) is 17.7 Å². The van der Waals surface area contributed by atoms with Crippen molar-refractivity contribution in [3.05, 3.63) is 59.7 Å². The molecule has 0 aliphatic carbocycles. The fraction of sp³-hybridized carbons (Fsp3) is 0.167. The number of rotatable bonds is 3. The highest BCUT2D eigenvalue weighted by molar-refractivity contribution is 6.06. The average Bonchev–Trinajstić information content (AvgIpc) is 2.58. The second-order valence-electron chi connectivity index (χ2n) is 5.70. The Balaban J connectivity index is 1.83. The lowest BCUT2D eigenvalue weighted by atomic mass is 9.89. The van der Waals surface area contributed by atoms with Gasteiger partial charge in [0.05, 0.1) is 5.92 Å². The van der Waals surface area contributed by atoms with Crippen LogP contribution in [0.25, 0.3) is 0 Å². The molecule has 6 nitrogen and oxygen atoms in total. The molecule has 122 valence electrons. The first-order chi connectivity index (χ1) is 11.5. The molecule has 1 unspecified atom stereocenters. The molecule has 1 atom stereocenters. The summed E-state index contributed by atoms with van der Waals surface area (Å²) in [6.45, 7) is 0. The maximum atomic E-state index is 12.6. The quantitative estimate of drug-likeness (QED) is 0.903. The molecule has 3 N–H and O–H groups in total. The van der Waals surface area contributed by atoms with Crippen molar-refractivity contribution in [3.63, 3.8) is 0 Å². The van der Waals surface area contributed by atoms with Crippen LogP contribution in [0.15, 0.2) is 48.5 Å². The molecule has 24 heavy (non-hydrogen) atoms. The first-order valence-electron chi connectivity index (χ1n) is 7.53. The van der Waals surface area contributed by atoms with Crippen molar-refractivity contribution < 1.29 is 14.4 Å². The first kappa shape index (κ1) is 15.7. The van der Waals surface area contributed by atoms with Gasteiger partial charge in [0, 0.05) is 30.4 Å². The molecule has 0 radical (unpaired) electrons. The predicted molar refractivity (Wildman–Crippen MR) is 90.8 cm³/mol. The number of para-hydroxylation sites is 1. The molecule has 0 saturated carbocycles. The predicted octanol–water partition coefficient (Wildman–Crippen LogP) is 1.87. The van der Waals surface area contributed by atoms with Crippen LogP contribution in [-0.2, 0) is 9.59 Å². The van der Waals surface area contributed by atoms with Gasteiger partial charge in [-0.3, -0.25) is 14.4 Å². The smallest absolute Gasteiger partial charge is 0.248 e. The van der Waals surface area contributed by atoms with Gasteiger partial charge >= 0.3 is 0 Å². The number of anilines is 2. The summed E-state index contributed by atoms with van der Waals surface area (Å²) in [5, 5.41) is 2.79. The summed E-state index contributed by atoms with van der Waals surface area (Å²) in [4.78, 5) is 37.4. The van der Waals surface area contributed by atoms with Gasteiger partial charge < -0.3 is 16.0 Å². The Morgan fingerprint density at radius 3 is 2.46 bits per heavy atom. The van der Waals surface area contributed by atoms with Crippen LogP contribution in [0.5, 0.6) is 0 Å². The molecular weight excluding hydrogens is 306 g/mol. The third kappa shape index (κ3) is 2.86. The molecular formula is C18H17N3O3. The van der Waals surface area contributed by atoms with E-state index in [9.17, 15) is 14.4 Å². The first-order valence-corrected chi connectivity index (χ1v) is 7.53. The zero-order valence-electron chi connectivity index (χ0n) is 13.2. The zero-order chi connectivity index (χ0) is 17.3. The van der Waals surface area contributed by atoms with E-state index in [2.05, 4.69) is 5.32 Å². The van der Waals surface area contributed by atoms with E-state index < -0.39 is 11.8 Å². The van der Waals surface area contributed by atoms with E-state index in [1.807, 2.05) is 24.3 Å². The monoisotopic (exact) mass is 323 g/mol. The van der Waals surface area contributed by atoms with Gasteiger partial charge in [-0.15, -0.1) is 0 Å². The SMILES string of the molecule is CN1C(=O)CC(C(=O)Nc2ccc(C(N)=O)cc2)c2ccccc21. The third-order valence-electron chi connectivity index (χ3n) is 4.18. The third-order valence-corrected chi connectivity index (χ3v) is 4.18. The number of fused-ring (bicyclic) bond motifs is 1. The number of nitrogens with zero attached hydrogens (tertiary/aromatic N) is 1. The Morgan fingerprint density at radius 2 is 1.79 bits per heavy atom. The number of hydrogen-bond donors (Lipinski definition) is 2. The summed E-state index contributed by atoms with van der Waals surface area (Å²) in [5.74, 6) is -1.42. The van der Waals surface area contributed by atoms with Crippen LogP contribution in [0, 0.1) is 0 Å². The average molecular weight is 323 g/mol. The summed E-state index contributed by atoms with van der Waals surface area (Å²) < 4.78 is 0. The summed E-state index contributed by atoms with van der Waals surface area (Å²) in [6, 6.07) is 13.7. The van der Waals surface area contributed by atoms with Gasteiger partial charge in [-0.25, -0.2) is 0 Å². The second kappa shape index (κ2) is 6.16. The van der Waals surface area contributed by atoms with Crippen LogP contribution in [0.1, 0.15) is 28.3 Å². The Hall–Kier alpha value is -3.15. The van der Waals surface area contributed by atoms with E-state index in [1.54, 1.807) is 36.2 Å². The number of amides is 3. The Bertz CT molecular complexity index is 815. The lowest BCUT2D eigenvalue weighted by Crippen LogP contribution is -2.37. The summed E-state index contributed by atoms with van der Waals surface area (Å²) in [7, 11) is 1.71. The van der Waals surface area contributed by atoms with Gasteiger partial charge in [0.1, 0.15) is 0 Å². The van der Waals surface area contributed by atoms with Crippen LogP contribution < -0.4 is 16.0 Å². The molecule has 3 amide bonds. The maximum Gasteiger partial charge on any atom is 0.248 e. The van der Waals surface area contributed by atoms with Crippen LogP contribution in [-0.4, -0.2) is 24.8 Å². The normalized spacial score (nSPS) is 16.5. The van der Waals surface area contributed by atoms with E-state index >= 15 is 0 Å². The van der Waals surface area contributed by atoms with Gasteiger partial charge in [-0.2, -0.15) is 0 Å². The van der Waals surface area contributed by atoms with Crippen LogP contribution >= 0.6 is 0 Å². The van der Waals surface area contributed by atoms with Gasteiger partial charge in [0.15, 0.2) is 0 Å². The van der Waals surface area contributed by atoms with Crippen molar-refractivity contribution in [2.45, 2.75) is 12.3 Å². The highest BCUT2D eigenvalue weighted by Gasteiger charge is 2.33. The van der Waals surface area contributed by atoms with E-state index in [1.165, 1.54) is 0 Å². The van der Waals surface area contributed by atoms with Crippen molar-refractivity contribution in [2.75, 3.05) is 17.3 Å². The number of nitrogens with two attached hydrogens (primary N) is 1. The number of primary amides is 1. The largest absolute Gasteiger partial charge is 0.366 e. The fourth-order valence-electron chi connectivity index (χ4n) is 2.82. The molecule has 0 saturated heterocycles. The lowest BCUT2D eigenvalue weighted by molar-refractivity contribution is -0.124. The number of benzene rings is 2. The molecule has 2 aromatic rings. The standard InChI is InChI=1S/C18H17N3O3/c1-21-15-5-3-2-4-13(15)14(10-16(21)22)18(24)20-12-8-6-11(7-9-12)17(19)23/h2-9,14H,10H2,1H3,(H2,19,23)(H,20,24). The molecule has 1 heterocycles. The van der Waals surface area contributed by atoms with Crippen LogP contribution in [0.4, 0.5) is 11.4 Å². The van der Waals surface area contributed by atoms with Crippen molar-refractivity contribution in [1.82, 2.24) is 0 Å². The number of nitrogens with one attached hydrogen (secondary N) is 1. The summed E-state index contributed by atoms with van der Waals surface area (Å²) >= 11 is 0. The minimum Gasteiger partial charge on any atom is -0.366 e. The Kier molecular flexibility index (Phi) is 4.04. The molecule has 6 heteroatoms. The number of hydrogen-bond acceptors (Lipinski definition) is 3. The second-order valence-corrected chi connectivity index (χ2v) is 5.70. The molecule has 2 aromatic carbocycles. The molecule has 0 spiro atoms. The molecule has 0 aromatic heterocycles. The Morgan fingerprint density at radius 1 is 1.12 bits per heavy atom. The number of carbonyl (C=O) groups excluding carboxylic acids is 3. The van der Waals surface area contributed by atoms with Gasteiger partial charge in [-0.1, -0.05) is 18.2 Å². The highest BCUT2D eigenvalue weighted by Crippen LogP contribution is 2.35. The van der Waals surface area contributed by atoms with Gasteiger partial charge in [0.25, 0.3) is 0 Å². The molecule has 3 rings (SSSR count). The van der Waals surface area contributed by atoms with Crippen molar-refractivity contribution in [3.8, 4) is 0 Å². The summed E-state index contributed by atoms with van der Waals surface area (Å²) in [6.07, 6.45) is 0.124. The van der Waals surface area contributed by atoms with E-state index in [-0.39, 0.29) is 18.2 Å².